The van der Waals surface area contributed by atoms with Crippen LogP contribution in [0.4, 0.5) is 0 Å². The molecular formula is C13H18N6O. The quantitative estimate of drug-likeness (QED) is 0.225. The van der Waals surface area contributed by atoms with Crippen LogP contribution in [-0.4, -0.2) is 32.6 Å². The van der Waals surface area contributed by atoms with Gasteiger partial charge in [-0.1, -0.05) is 28.6 Å². The summed E-state index contributed by atoms with van der Waals surface area (Å²) in [6, 6.07) is 7.60. The van der Waals surface area contributed by atoms with Crippen molar-refractivity contribution in [3.05, 3.63) is 47.8 Å². The molecule has 1 heterocycles. The number of hydrogen-bond donors (Lipinski definition) is 3. The molecule has 0 bridgehead atoms. The van der Waals surface area contributed by atoms with Gasteiger partial charge in [0.25, 0.3) is 0 Å². The Morgan fingerprint density at radius 1 is 1.45 bits per heavy atom. The lowest BCUT2D eigenvalue weighted by atomic mass is 10.1. The molecule has 1 aromatic carbocycles. The molecule has 0 fully saturated rings. The molecule has 0 spiro atoms. The first-order chi connectivity index (χ1) is 9.79. The highest BCUT2D eigenvalue weighted by Gasteiger charge is 2.00. The van der Waals surface area contributed by atoms with Gasteiger partial charge in [0.2, 0.25) is 0 Å². The van der Waals surface area contributed by atoms with Crippen LogP contribution in [0.5, 0.6) is 0 Å². The van der Waals surface area contributed by atoms with Gasteiger partial charge in [-0.05, 0) is 24.6 Å². The summed E-state index contributed by atoms with van der Waals surface area (Å²) in [5.41, 5.74) is 7.37. The van der Waals surface area contributed by atoms with E-state index in [0.717, 1.165) is 37.2 Å². The standard InChI is InChI=1S/C13H18N6O/c14-13(17-20)12-4-1-3-11(9-12)10-15-5-2-7-19-8-6-16-18-19/h1,3-4,6,8-9,15,20H,2,5,7,10H2,(H2,14,17). The Hall–Kier alpha value is -2.41. The lowest BCUT2D eigenvalue weighted by Gasteiger charge is -2.06. The maximum Gasteiger partial charge on any atom is 0.170 e. The van der Waals surface area contributed by atoms with Crippen molar-refractivity contribution in [2.75, 3.05) is 6.54 Å². The highest BCUT2D eigenvalue weighted by molar-refractivity contribution is 5.97. The summed E-state index contributed by atoms with van der Waals surface area (Å²) in [4.78, 5) is 0. The van der Waals surface area contributed by atoms with Crippen molar-refractivity contribution in [3.8, 4) is 0 Å². The summed E-state index contributed by atoms with van der Waals surface area (Å²) in [5.74, 6) is 0.123. The number of hydrogen-bond acceptors (Lipinski definition) is 5. The molecular weight excluding hydrogens is 256 g/mol. The topological polar surface area (TPSA) is 101 Å². The summed E-state index contributed by atoms with van der Waals surface area (Å²) >= 11 is 0. The van der Waals surface area contributed by atoms with Gasteiger partial charge < -0.3 is 16.3 Å². The fraction of sp³-hybridized carbons (Fsp3) is 0.308. The van der Waals surface area contributed by atoms with Gasteiger partial charge in [-0.15, -0.1) is 5.10 Å². The van der Waals surface area contributed by atoms with Gasteiger partial charge in [-0.25, -0.2) is 0 Å². The monoisotopic (exact) mass is 274 g/mol. The second kappa shape index (κ2) is 7.25. The second-order valence-electron chi connectivity index (χ2n) is 4.38. The molecule has 2 rings (SSSR count). The average Bonchev–Trinajstić information content (AvgIpc) is 2.99. The van der Waals surface area contributed by atoms with Crippen LogP contribution in [0.2, 0.25) is 0 Å². The van der Waals surface area contributed by atoms with Crippen LogP contribution >= 0.6 is 0 Å². The number of benzene rings is 1. The average molecular weight is 274 g/mol. The zero-order valence-electron chi connectivity index (χ0n) is 11.1. The van der Waals surface area contributed by atoms with E-state index >= 15 is 0 Å². The highest BCUT2D eigenvalue weighted by Crippen LogP contribution is 2.04. The fourth-order valence-corrected chi connectivity index (χ4v) is 1.85. The largest absolute Gasteiger partial charge is 0.409 e. The number of rotatable bonds is 7. The zero-order valence-corrected chi connectivity index (χ0v) is 11.1. The van der Waals surface area contributed by atoms with E-state index in [2.05, 4.69) is 20.8 Å². The Balaban J connectivity index is 1.74. The van der Waals surface area contributed by atoms with Crippen LogP contribution in [0.25, 0.3) is 0 Å². The molecule has 0 aliphatic rings. The molecule has 20 heavy (non-hydrogen) atoms. The number of nitrogens with two attached hydrogens (primary N) is 1. The van der Waals surface area contributed by atoms with Crippen molar-refractivity contribution < 1.29 is 5.21 Å². The molecule has 7 nitrogen and oxygen atoms in total. The molecule has 0 unspecified atom stereocenters. The van der Waals surface area contributed by atoms with Gasteiger partial charge in [-0.3, -0.25) is 4.68 Å². The van der Waals surface area contributed by atoms with Gasteiger partial charge in [0, 0.05) is 24.8 Å². The Bertz CT molecular complexity index is 552. The minimum atomic E-state index is 0.123. The predicted molar refractivity (Wildman–Crippen MR) is 75.3 cm³/mol. The minimum absolute atomic E-state index is 0.123. The predicted octanol–water partition coefficient (Wildman–Crippen LogP) is 0.552. The number of nitrogens with one attached hydrogen (secondary N) is 1. The van der Waals surface area contributed by atoms with Crippen molar-refractivity contribution >= 4 is 5.84 Å². The molecule has 0 aliphatic carbocycles. The van der Waals surface area contributed by atoms with Crippen LogP contribution in [0.15, 0.2) is 41.8 Å². The summed E-state index contributed by atoms with van der Waals surface area (Å²) < 4.78 is 1.81. The van der Waals surface area contributed by atoms with E-state index in [-0.39, 0.29) is 5.84 Å². The number of oxime groups is 1. The third-order valence-electron chi connectivity index (χ3n) is 2.87. The molecule has 0 radical (unpaired) electrons. The lowest BCUT2D eigenvalue weighted by Crippen LogP contribution is -2.18. The maximum atomic E-state index is 8.65. The van der Waals surface area contributed by atoms with Gasteiger partial charge in [0.05, 0.1) is 6.20 Å². The third-order valence-corrected chi connectivity index (χ3v) is 2.87. The van der Waals surface area contributed by atoms with Crippen LogP contribution in [0, 0.1) is 0 Å². The lowest BCUT2D eigenvalue weighted by molar-refractivity contribution is 0.318. The fourth-order valence-electron chi connectivity index (χ4n) is 1.85. The number of aromatic nitrogens is 3. The molecule has 7 heteroatoms. The van der Waals surface area contributed by atoms with Gasteiger partial charge >= 0.3 is 0 Å². The van der Waals surface area contributed by atoms with E-state index < -0.39 is 0 Å². The molecule has 106 valence electrons. The number of amidine groups is 1. The zero-order chi connectivity index (χ0) is 14.2. The number of aryl methyl sites for hydroxylation is 1. The molecule has 0 amide bonds. The molecule has 0 saturated heterocycles. The first-order valence-electron chi connectivity index (χ1n) is 6.41. The Kier molecular flexibility index (Phi) is 5.08. The molecule has 0 atom stereocenters. The highest BCUT2D eigenvalue weighted by atomic mass is 16.4. The van der Waals surface area contributed by atoms with E-state index in [4.69, 9.17) is 10.9 Å². The second-order valence-corrected chi connectivity index (χ2v) is 4.38. The molecule has 4 N–H and O–H groups in total. The van der Waals surface area contributed by atoms with Gasteiger partial charge in [0.1, 0.15) is 0 Å². The molecule has 0 aliphatic heterocycles. The number of nitrogens with zero attached hydrogens (tertiary/aromatic N) is 4. The summed E-state index contributed by atoms with van der Waals surface area (Å²) in [5, 5.41) is 22.6. The summed E-state index contributed by atoms with van der Waals surface area (Å²) in [6.45, 7) is 2.47. The van der Waals surface area contributed by atoms with E-state index in [1.807, 2.05) is 30.5 Å². The molecule has 2 aromatic rings. The van der Waals surface area contributed by atoms with Crippen molar-refractivity contribution in [1.29, 1.82) is 0 Å². The Morgan fingerprint density at radius 3 is 3.10 bits per heavy atom. The van der Waals surface area contributed by atoms with Crippen LogP contribution in [-0.2, 0) is 13.1 Å². The van der Waals surface area contributed by atoms with E-state index in [1.54, 1.807) is 10.9 Å². The van der Waals surface area contributed by atoms with E-state index in [0.29, 0.717) is 0 Å². The van der Waals surface area contributed by atoms with Crippen molar-refractivity contribution in [2.24, 2.45) is 10.9 Å². The SMILES string of the molecule is N/C(=N/O)c1cccc(CNCCCn2ccnn2)c1. The van der Waals surface area contributed by atoms with Crippen molar-refractivity contribution in [1.82, 2.24) is 20.3 Å². The normalized spacial score (nSPS) is 11.7. The van der Waals surface area contributed by atoms with Gasteiger partial charge in [-0.2, -0.15) is 0 Å². The molecule has 1 aromatic heterocycles. The van der Waals surface area contributed by atoms with Crippen molar-refractivity contribution in [2.45, 2.75) is 19.5 Å². The van der Waals surface area contributed by atoms with E-state index in [1.165, 1.54) is 0 Å². The van der Waals surface area contributed by atoms with E-state index in [9.17, 15) is 0 Å². The summed E-state index contributed by atoms with van der Waals surface area (Å²) in [7, 11) is 0. The first kappa shape index (κ1) is 14.0. The maximum absolute atomic E-state index is 8.65. The molecule has 0 saturated carbocycles. The van der Waals surface area contributed by atoms with Crippen LogP contribution < -0.4 is 11.1 Å². The van der Waals surface area contributed by atoms with Crippen molar-refractivity contribution in [3.63, 3.8) is 0 Å². The van der Waals surface area contributed by atoms with Gasteiger partial charge in [0.15, 0.2) is 5.84 Å². The Labute approximate surface area is 117 Å². The minimum Gasteiger partial charge on any atom is -0.409 e. The van der Waals surface area contributed by atoms with Crippen LogP contribution in [0.1, 0.15) is 17.5 Å². The van der Waals surface area contributed by atoms with Crippen LogP contribution in [0.3, 0.4) is 0 Å². The smallest absolute Gasteiger partial charge is 0.170 e. The Morgan fingerprint density at radius 2 is 2.35 bits per heavy atom. The first-order valence-corrected chi connectivity index (χ1v) is 6.41. The summed E-state index contributed by atoms with van der Waals surface area (Å²) in [6.07, 6.45) is 4.50. The third kappa shape index (κ3) is 4.06.